The van der Waals surface area contributed by atoms with Gasteiger partial charge in [0.2, 0.25) is 0 Å². The predicted molar refractivity (Wildman–Crippen MR) is 396 cm³/mol. The van der Waals surface area contributed by atoms with Crippen LogP contribution in [0.1, 0.15) is 84.0 Å². The van der Waals surface area contributed by atoms with Crippen LogP contribution >= 0.6 is 45.2 Å². The third-order valence-electron chi connectivity index (χ3n) is 19.3. The van der Waals surface area contributed by atoms with Crippen molar-refractivity contribution in [3.63, 3.8) is 0 Å². The van der Waals surface area contributed by atoms with Gasteiger partial charge in [0.05, 0.1) is 0 Å². The van der Waals surface area contributed by atoms with Crippen LogP contribution in [0.15, 0.2) is 206 Å². The Hall–Kier alpha value is -7.79. The number of aryl methyl sites for hydroxylation is 8. The Labute approximate surface area is 548 Å². The normalized spacial score (nSPS) is 13.2. The van der Waals surface area contributed by atoms with E-state index in [0.29, 0.717) is 0 Å². The van der Waals surface area contributed by atoms with Crippen LogP contribution in [-0.2, 0) is 12.8 Å². The van der Waals surface area contributed by atoms with E-state index in [-0.39, 0.29) is 13.4 Å². The standard InChI is InChI=1S/C80H70B2I2N4/c1-9-11-19-55-23-31-61(32-24-55)85-69-39-21-49(3)41-65(69)81-67-47-68-72(48-71(67)87(63-35-27-59(83)28-36-63)75-45-57(43-73(85)79(75)81)77-51(5)15-13-16-52(77)6)88(64-37-29-60(84)30-38-64)76-46-58(78-53(7)17-14-18-54(78)8)44-74-80(76)82(68)66-42-50(4)22-40-70(66)86(74)62-33-25-56(26-34-62)20-12-10-2/h13-18,21-48H,9-12,19-20H2,1-8H3. The molecular weight excluding hydrogens is 1290 g/mol. The molecule has 11 aromatic rings. The van der Waals surface area contributed by atoms with Gasteiger partial charge in [0, 0.05) is 75.4 Å². The zero-order valence-corrected chi connectivity index (χ0v) is 55.9. The molecular formula is C80H70B2I2N4. The van der Waals surface area contributed by atoms with Gasteiger partial charge in [-0.1, -0.05) is 129 Å². The lowest BCUT2D eigenvalue weighted by molar-refractivity contribution is 0.795. The van der Waals surface area contributed by atoms with E-state index in [1.54, 1.807) is 0 Å². The molecule has 4 nitrogen and oxygen atoms in total. The number of halogens is 2. The van der Waals surface area contributed by atoms with E-state index in [4.69, 9.17) is 0 Å². The summed E-state index contributed by atoms with van der Waals surface area (Å²) in [5, 5.41) is 0. The van der Waals surface area contributed by atoms with Gasteiger partial charge in [-0.2, -0.15) is 0 Å². The summed E-state index contributed by atoms with van der Waals surface area (Å²) in [6.45, 7) is 18.0. The van der Waals surface area contributed by atoms with Crippen molar-refractivity contribution in [1.29, 1.82) is 0 Å². The minimum atomic E-state index is -0.102. The van der Waals surface area contributed by atoms with Crippen molar-refractivity contribution in [1.82, 2.24) is 0 Å². The zero-order chi connectivity index (χ0) is 60.2. The number of unbranched alkanes of at least 4 members (excludes halogenated alkanes) is 2. The largest absolute Gasteiger partial charge is 0.311 e. The van der Waals surface area contributed by atoms with Gasteiger partial charge in [-0.05, 0) is 316 Å². The van der Waals surface area contributed by atoms with E-state index in [1.165, 1.54) is 189 Å². The van der Waals surface area contributed by atoms with Crippen LogP contribution < -0.4 is 52.4 Å². The number of anilines is 12. The lowest BCUT2D eigenvalue weighted by Crippen LogP contribution is -2.65. The highest BCUT2D eigenvalue weighted by Gasteiger charge is 2.49. The number of benzene rings is 11. The average Bonchev–Trinajstić information content (AvgIpc) is 0.694. The number of hydrogen-bond donors (Lipinski definition) is 0. The summed E-state index contributed by atoms with van der Waals surface area (Å²) >= 11 is 4.95. The summed E-state index contributed by atoms with van der Waals surface area (Å²) in [6.07, 6.45) is 6.85. The molecule has 4 aliphatic rings. The molecule has 0 amide bonds. The van der Waals surface area contributed by atoms with Gasteiger partial charge in [-0.15, -0.1) is 0 Å². The van der Waals surface area contributed by atoms with Crippen LogP contribution in [0.3, 0.4) is 0 Å². The van der Waals surface area contributed by atoms with Crippen LogP contribution in [0, 0.1) is 48.7 Å². The SMILES string of the molecule is CCCCc1ccc(N2c3ccc(C)cc3B3c4cc5c(cc4N(c4ccc(I)cc4)c4cc(-c6c(C)cccc6C)cc2c43)N(c2ccc(I)cc2)c2cc(-c3c(C)cccc3C)cc3c2B5c2cc(C)ccc2N3c2ccc(CCCC)cc2)cc1. The zero-order valence-electron chi connectivity index (χ0n) is 51.6. The van der Waals surface area contributed by atoms with E-state index in [9.17, 15) is 0 Å². The molecule has 0 radical (unpaired) electrons. The number of rotatable bonds is 12. The third-order valence-corrected chi connectivity index (χ3v) is 20.7. The topological polar surface area (TPSA) is 13.0 Å². The van der Waals surface area contributed by atoms with Crippen molar-refractivity contribution in [2.75, 3.05) is 19.6 Å². The first-order valence-corrected chi connectivity index (χ1v) is 33.8. The quantitative estimate of drug-likeness (QED) is 0.0893. The van der Waals surface area contributed by atoms with Crippen LogP contribution in [0.2, 0.25) is 0 Å². The van der Waals surface area contributed by atoms with Crippen LogP contribution in [0.5, 0.6) is 0 Å². The molecule has 4 aliphatic heterocycles. The highest BCUT2D eigenvalue weighted by Crippen LogP contribution is 2.51. The Balaban J connectivity index is 1.07. The molecule has 0 fully saturated rings. The summed E-state index contributed by atoms with van der Waals surface area (Å²) in [5.41, 5.74) is 37.6. The van der Waals surface area contributed by atoms with Gasteiger partial charge in [-0.3, -0.25) is 0 Å². The molecule has 430 valence electrons. The monoisotopic (exact) mass is 1360 g/mol. The van der Waals surface area contributed by atoms with Crippen molar-refractivity contribution in [3.05, 3.63) is 258 Å². The summed E-state index contributed by atoms with van der Waals surface area (Å²) in [5.74, 6) is 0. The van der Waals surface area contributed by atoms with Crippen LogP contribution in [0.4, 0.5) is 68.2 Å². The van der Waals surface area contributed by atoms with Gasteiger partial charge in [0.1, 0.15) is 0 Å². The van der Waals surface area contributed by atoms with Gasteiger partial charge in [-0.25, -0.2) is 0 Å². The molecule has 0 N–H and O–H groups in total. The molecule has 0 aromatic heterocycles. The van der Waals surface area contributed by atoms with Crippen LogP contribution in [-0.4, -0.2) is 13.4 Å². The Morgan fingerprint density at radius 1 is 0.318 bits per heavy atom. The molecule has 0 atom stereocenters. The molecule has 0 spiro atoms. The Kier molecular flexibility index (Phi) is 14.6. The second-order valence-electron chi connectivity index (χ2n) is 25.2. The molecule has 4 heterocycles. The molecule has 11 aromatic carbocycles. The predicted octanol–water partition coefficient (Wildman–Crippen LogP) is 18.9. The maximum absolute atomic E-state index is 2.69. The van der Waals surface area contributed by atoms with Crippen molar-refractivity contribution in [3.8, 4) is 22.3 Å². The molecule has 0 saturated carbocycles. The van der Waals surface area contributed by atoms with E-state index >= 15 is 0 Å². The highest BCUT2D eigenvalue weighted by molar-refractivity contribution is 14.1. The van der Waals surface area contributed by atoms with Gasteiger partial charge in [0.15, 0.2) is 0 Å². The van der Waals surface area contributed by atoms with E-state index in [0.717, 1.165) is 24.2 Å². The third kappa shape index (κ3) is 9.44. The Morgan fingerprint density at radius 3 is 0.977 bits per heavy atom. The molecule has 0 bridgehead atoms. The fourth-order valence-corrected chi connectivity index (χ4v) is 16.0. The van der Waals surface area contributed by atoms with Crippen molar-refractivity contribution in [2.45, 2.75) is 93.9 Å². The average molecular weight is 1360 g/mol. The first-order valence-electron chi connectivity index (χ1n) is 31.6. The summed E-state index contributed by atoms with van der Waals surface area (Å²) in [4.78, 5) is 10.5. The van der Waals surface area contributed by atoms with Gasteiger partial charge < -0.3 is 19.6 Å². The van der Waals surface area contributed by atoms with Crippen molar-refractivity contribution >= 4 is 160 Å². The maximum atomic E-state index is 2.69. The number of nitrogens with zero attached hydrogens (tertiary/aromatic N) is 4. The Morgan fingerprint density at radius 2 is 0.636 bits per heavy atom. The van der Waals surface area contributed by atoms with Crippen molar-refractivity contribution < 1.29 is 0 Å². The minimum absolute atomic E-state index is 0.102. The first kappa shape index (κ1) is 56.7. The van der Waals surface area contributed by atoms with Gasteiger partial charge >= 0.3 is 0 Å². The number of fused-ring (bicyclic) bond motifs is 8. The Bertz CT molecular complexity index is 4260. The lowest BCUT2D eigenvalue weighted by atomic mass is 9.30. The molecule has 0 saturated heterocycles. The smallest absolute Gasteiger partial charge is 0.252 e. The second-order valence-corrected chi connectivity index (χ2v) is 27.7. The number of hydrogen-bond acceptors (Lipinski definition) is 4. The molecule has 8 heteroatoms. The fraction of sp³-hybridized carbons (Fsp3) is 0.175. The fourth-order valence-electron chi connectivity index (χ4n) is 15.2. The van der Waals surface area contributed by atoms with Crippen LogP contribution in [0.25, 0.3) is 22.3 Å². The minimum Gasteiger partial charge on any atom is -0.311 e. The second kappa shape index (κ2) is 22.7. The molecule has 0 aliphatic carbocycles. The lowest BCUT2D eigenvalue weighted by Gasteiger charge is -2.47. The maximum Gasteiger partial charge on any atom is 0.252 e. The summed E-state index contributed by atoms with van der Waals surface area (Å²) in [7, 11) is 0. The molecule has 0 unspecified atom stereocenters. The highest BCUT2D eigenvalue weighted by atomic mass is 127. The van der Waals surface area contributed by atoms with E-state index < -0.39 is 0 Å². The van der Waals surface area contributed by atoms with E-state index in [1.807, 2.05) is 0 Å². The summed E-state index contributed by atoms with van der Waals surface area (Å²) < 4.78 is 2.41. The van der Waals surface area contributed by atoms with Crippen molar-refractivity contribution in [2.24, 2.45) is 0 Å². The van der Waals surface area contributed by atoms with Gasteiger partial charge in [0.25, 0.3) is 13.4 Å². The first-order chi connectivity index (χ1) is 42.8. The molecule has 88 heavy (non-hydrogen) atoms. The summed E-state index contributed by atoms with van der Waals surface area (Å²) in [6, 6.07) is 80.9. The van der Waals surface area contributed by atoms with E-state index in [2.05, 4.69) is 326 Å². The molecule has 15 rings (SSSR count).